The van der Waals surface area contributed by atoms with E-state index in [2.05, 4.69) is 44.9 Å². The Labute approximate surface area is 110 Å². The fourth-order valence-electron chi connectivity index (χ4n) is 1.68. The molecule has 0 radical (unpaired) electrons. The van der Waals surface area contributed by atoms with Crippen LogP contribution in [-0.2, 0) is 0 Å². The van der Waals surface area contributed by atoms with Crippen LogP contribution < -0.4 is 5.32 Å². The molecule has 0 saturated carbocycles. The fourth-order valence-corrected chi connectivity index (χ4v) is 1.68. The van der Waals surface area contributed by atoms with Gasteiger partial charge in [0.1, 0.15) is 5.82 Å². The van der Waals surface area contributed by atoms with Gasteiger partial charge in [0.2, 0.25) is 0 Å². The summed E-state index contributed by atoms with van der Waals surface area (Å²) in [5.41, 5.74) is 1.21. The lowest BCUT2D eigenvalue weighted by Gasteiger charge is -2.29. The van der Waals surface area contributed by atoms with Crippen LogP contribution in [0.2, 0.25) is 0 Å². The Hall–Kier alpha value is -0.960. The van der Waals surface area contributed by atoms with Crippen molar-refractivity contribution in [2.75, 3.05) is 6.54 Å². The van der Waals surface area contributed by atoms with Crippen molar-refractivity contribution in [1.29, 1.82) is 0 Å². The average molecular weight is 252 g/mol. The molecule has 0 aromatic carbocycles. The van der Waals surface area contributed by atoms with Crippen molar-refractivity contribution in [3.05, 3.63) is 29.8 Å². The van der Waals surface area contributed by atoms with Crippen molar-refractivity contribution in [2.24, 2.45) is 11.3 Å². The SMILES string of the molecule is CCC(NCC(C)C(C)(C)C)c1ccc(F)cn1. The highest BCUT2D eigenvalue weighted by Gasteiger charge is 2.21. The molecule has 0 fully saturated rings. The van der Waals surface area contributed by atoms with Gasteiger partial charge in [-0.15, -0.1) is 0 Å². The largest absolute Gasteiger partial charge is 0.308 e. The zero-order chi connectivity index (χ0) is 13.8. The molecule has 102 valence electrons. The fraction of sp³-hybridized carbons (Fsp3) is 0.667. The topological polar surface area (TPSA) is 24.9 Å². The first-order chi connectivity index (χ1) is 8.34. The number of pyridine rings is 1. The van der Waals surface area contributed by atoms with Gasteiger partial charge < -0.3 is 5.32 Å². The Bertz CT molecular complexity index is 354. The van der Waals surface area contributed by atoms with Gasteiger partial charge >= 0.3 is 0 Å². The van der Waals surface area contributed by atoms with Crippen LogP contribution in [0.4, 0.5) is 4.39 Å². The molecule has 0 saturated heterocycles. The summed E-state index contributed by atoms with van der Waals surface area (Å²) in [6.07, 6.45) is 2.24. The number of hydrogen-bond acceptors (Lipinski definition) is 2. The summed E-state index contributed by atoms with van der Waals surface area (Å²) in [4.78, 5) is 4.15. The highest BCUT2D eigenvalue weighted by atomic mass is 19.1. The summed E-state index contributed by atoms with van der Waals surface area (Å²) in [6.45, 7) is 12.0. The van der Waals surface area contributed by atoms with Crippen LogP contribution in [0.5, 0.6) is 0 Å². The Morgan fingerprint density at radius 1 is 1.33 bits per heavy atom. The van der Waals surface area contributed by atoms with Gasteiger partial charge in [-0.2, -0.15) is 0 Å². The molecular weight excluding hydrogens is 227 g/mol. The molecule has 1 rings (SSSR count). The van der Waals surface area contributed by atoms with Crippen molar-refractivity contribution in [3.8, 4) is 0 Å². The van der Waals surface area contributed by atoms with Gasteiger partial charge in [-0.25, -0.2) is 4.39 Å². The second kappa shape index (κ2) is 6.28. The number of hydrogen-bond donors (Lipinski definition) is 1. The van der Waals surface area contributed by atoms with Gasteiger partial charge in [-0.1, -0.05) is 34.6 Å². The highest BCUT2D eigenvalue weighted by molar-refractivity contribution is 5.09. The second-order valence-electron chi connectivity index (χ2n) is 6.04. The van der Waals surface area contributed by atoms with E-state index in [0.717, 1.165) is 18.7 Å². The summed E-state index contributed by atoms with van der Waals surface area (Å²) in [6, 6.07) is 3.44. The summed E-state index contributed by atoms with van der Waals surface area (Å²) in [5, 5.41) is 3.53. The molecule has 1 heterocycles. The molecular formula is C15H25FN2. The van der Waals surface area contributed by atoms with Crippen LogP contribution in [0.1, 0.15) is 52.8 Å². The third kappa shape index (κ3) is 4.37. The van der Waals surface area contributed by atoms with Crippen LogP contribution in [0.15, 0.2) is 18.3 Å². The quantitative estimate of drug-likeness (QED) is 0.858. The standard InChI is InChI=1S/C15H25FN2/c1-6-13(14-8-7-12(16)10-18-14)17-9-11(2)15(3,4)5/h7-8,10-11,13,17H,6,9H2,1-5H3. The minimum absolute atomic E-state index is 0.204. The molecule has 0 bridgehead atoms. The van der Waals surface area contributed by atoms with Gasteiger partial charge in [0.25, 0.3) is 0 Å². The molecule has 2 unspecified atom stereocenters. The molecule has 2 atom stereocenters. The smallest absolute Gasteiger partial charge is 0.141 e. The molecule has 0 amide bonds. The number of rotatable bonds is 5. The van der Waals surface area contributed by atoms with Crippen LogP contribution in [0, 0.1) is 17.2 Å². The zero-order valence-corrected chi connectivity index (χ0v) is 12.1. The first kappa shape index (κ1) is 15.1. The van der Waals surface area contributed by atoms with Gasteiger partial charge in [0.15, 0.2) is 0 Å². The maximum Gasteiger partial charge on any atom is 0.141 e. The Kier molecular flexibility index (Phi) is 5.27. The van der Waals surface area contributed by atoms with Gasteiger partial charge in [-0.3, -0.25) is 4.98 Å². The van der Waals surface area contributed by atoms with Crippen LogP contribution >= 0.6 is 0 Å². The van der Waals surface area contributed by atoms with E-state index in [1.165, 1.54) is 12.3 Å². The lowest BCUT2D eigenvalue weighted by atomic mass is 9.82. The van der Waals surface area contributed by atoms with E-state index in [9.17, 15) is 4.39 Å². The second-order valence-corrected chi connectivity index (χ2v) is 6.04. The predicted octanol–water partition coefficient (Wildman–Crippen LogP) is 3.94. The predicted molar refractivity (Wildman–Crippen MR) is 73.8 cm³/mol. The number of nitrogens with zero attached hydrogens (tertiary/aromatic N) is 1. The third-order valence-electron chi connectivity index (χ3n) is 3.66. The maximum atomic E-state index is 12.8. The van der Waals surface area contributed by atoms with Crippen molar-refractivity contribution in [3.63, 3.8) is 0 Å². The number of nitrogens with one attached hydrogen (secondary N) is 1. The summed E-state index contributed by atoms with van der Waals surface area (Å²) in [7, 11) is 0. The minimum atomic E-state index is -0.281. The van der Waals surface area contributed by atoms with E-state index in [0.29, 0.717) is 11.3 Å². The van der Waals surface area contributed by atoms with Crippen molar-refractivity contribution in [1.82, 2.24) is 10.3 Å². The van der Waals surface area contributed by atoms with Crippen LogP contribution in [-0.4, -0.2) is 11.5 Å². The van der Waals surface area contributed by atoms with Crippen molar-refractivity contribution < 1.29 is 4.39 Å². The molecule has 1 aromatic heterocycles. The van der Waals surface area contributed by atoms with E-state index < -0.39 is 0 Å². The first-order valence-corrected chi connectivity index (χ1v) is 6.69. The Balaban J connectivity index is 2.60. The highest BCUT2D eigenvalue weighted by Crippen LogP contribution is 2.25. The molecule has 0 aliphatic carbocycles. The van der Waals surface area contributed by atoms with Gasteiger partial charge in [0, 0.05) is 6.04 Å². The first-order valence-electron chi connectivity index (χ1n) is 6.69. The lowest BCUT2D eigenvalue weighted by molar-refractivity contribution is 0.244. The van der Waals surface area contributed by atoms with Gasteiger partial charge in [-0.05, 0) is 36.4 Å². The van der Waals surface area contributed by atoms with E-state index in [4.69, 9.17) is 0 Å². The molecule has 3 heteroatoms. The molecule has 2 nitrogen and oxygen atoms in total. The van der Waals surface area contributed by atoms with Gasteiger partial charge in [0.05, 0.1) is 11.9 Å². The molecule has 0 aliphatic rings. The summed E-state index contributed by atoms with van der Waals surface area (Å²) < 4.78 is 12.8. The van der Waals surface area contributed by atoms with E-state index in [1.807, 2.05) is 0 Å². The lowest BCUT2D eigenvalue weighted by Crippen LogP contribution is -2.32. The van der Waals surface area contributed by atoms with Crippen LogP contribution in [0.3, 0.4) is 0 Å². The molecule has 0 spiro atoms. The Morgan fingerprint density at radius 3 is 2.44 bits per heavy atom. The summed E-state index contributed by atoms with van der Waals surface area (Å²) >= 11 is 0. The third-order valence-corrected chi connectivity index (χ3v) is 3.66. The normalized spacial score (nSPS) is 15.4. The molecule has 18 heavy (non-hydrogen) atoms. The number of halogens is 1. The summed E-state index contributed by atoms with van der Waals surface area (Å²) in [5.74, 6) is 0.295. The average Bonchev–Trinajstić information content (AvgIpc) is 2.30. The molecule has 1 aromatic rings. The van der Waals surface area contributed by atoms with E-state index >= 15 is 0 Å². The molecule has 1 N–H and O–H groups in total. The van der Waals surface area contributed by atoms with Crippen molar-refractivity contribution in [2.45, 2.75) is 47.1 Å². The Morgan fingerprint density at radius 2 is 2.00 bits per heavy atom. The monoisotopic (exact) mass is 252 g/mol. The maximum absolute atomic E-state index is 12.8. The number of aromatic nitrogens is 1. The van der Waals surface area contributed by atoms with Crippen LogP contribution in [0.25, 0.3) is 0 Å². The van der Waals surface area contributed by atoms with E-state index in [1.54, 1.807) is 6.07 Å². The van der Waals surface area contributed by atoms with Crippen molar-refractivity contribution >= 4 is 0 Å². The zero-order valence-electron chi connectivity index (χ0n) is 12.1. The minimum Gasteiger partial charge on any atom is -0.308 e. The molecule has 0 aliphatic heterocycles. The van der Waals surface area contributed by atoms with E-state index in [-0.39, 0.29) is 11.9 Å².